The van der Waals surface area contributed by atoms with Crippen LogP contribution in [0.25, 0.3) is 5.57 Å². The van der Waals surface area contributed by atoms with E-state index >= 15 is 0 Å². The number of halogens is 1. The second kappa shape index (κ2) is 36.4. The molecule has 2 bridgehead atoms. The maximum absolute atomic E-state index is 15.0. The lowest BCUT2D eigenvalue weighted by Crippen LogP contribution is -2.61. The van der Waals surface area contributed by atoms with Crippen molar-refractivity contribution in [3.63, 3.8) is 0 Å². The van der Waals surface area contributed by atoms with E-state index in [0.29, 0.717) is 64.8 Å². The zero-order valence-corrected chi connectivity index (χ0v) is 54.9. The SMILES string of the molecule is NCCCC[C@@H]1NC(=O)CCSCc2cccc(c2)CSC[C@@H](C(N)=O)NC(=O)[C@@H]2CCCN2C(=O)[C@H](Cc2ccc(O)cc2)NC(=O)[C@H](Cc2cnc[nH]2)NC(=O)[C@H](CC(=O)O)NC(=O)[C@H](CC2=c3cc(F)ccc3=NC2)NC(=O)[C@H](CCc2ccccc2)NC(=O)CNC1=O. The molecule has 0 spiro atoms. The lowest BCUT2D eigenvalue weighted by atomic mass is 10.0. The zero-order valence-electron chi connectivity index (χ0n) is 53.2. The number of carbonyl (C=O) groups excluding carboxylic acids is 10. The summed E-state index contributed by atoms with van der Waals surface area (Å²) < 4.78 is 14.9. The van der Waals surface area contributed by atoms with Gasteiger partial charge in [-0.05, 0) is 110 Å². The summed E-state index contributed by atoms with van der Waals surface area (Å²) in [6, 6.07) is 14.6. The maximum Gasteiger partial charge on any atom is 0.305 e. The molecule has 1 saturated heterocycles. The predicted octanol–water partition coefficient (Wildman–Crippen LogP) is -0.293. The molecule has 1 fully saturated rings. The standard InChI is InChI=1S/C67H81FN14O13S2/c68-44-17-21-48-47(29-44)43(32-72-48)28-51-63(91)79-53(31-59(86)87)65(93)78-52(30-45-33-71-38-74-45)64(92)80-54(27-40-14-18-46(83)19-15-40)67(95)82-24-7-13-56(82)66(94)81-55(60(70)88)37-97-36-42-11-6-10-41(26-42)35-96-25-22-57(84)75-49(12-4-5-23-69)61(89)73-34-58(85)76-50(62(90)77-51)20-16-39-8-2-1-3-9-39/h1-3,6,8-11,14-15,17-19,21,26,29,33,38,49-56,83H,4-5,7,12-13,16,20,22-25,27-28,30-32,34-37,69H2,(H2,70,88)(H,71,74)(H,73,89)(H,75,84)(H,76,85)(H,77,90)(H,78,93)(H,79,91)(H,80,92)(H,81,94)(H,86,87)/t49-,50-,51-,52-,53-,54-,55-,56-/m0/s1. The van der Waals surface area contributed by atoms with E-state index in [1.807, 2.05) is 24.3 Å². The number of aliphatic carboxylic acids is 1. The minimum Gasteiger partial charge on any atom is -0.508 e. The number of amides is 10. The molecular formula is C67H81FN14O13S2. The molecule has 27 nitrogen and oxygen atoms in total. The van der Waals surface area contributed by atoms with Crippen molar-refractivity contribution in [3.8, 4) is 5.75 Å². The molecule has 0 aliphatic carbocycles. The molecule has 8 atom stereocenters. The molecule has 5 aromatic rings. The molecule has 0 unspecified atom stereocenters. The Morgan fingerprint density at radius 1 is 0.660 bits per heavy atom. The number of benzene rings is 4. The summed E-state index contributed by atoms with van der Waals surface area (Å²) >= 11 is 2.82. The van der Waals surface area contributed by atoms with Crippen molar-refractivity contribution in [2.24, 2.45) is 16.5 Å². The Kier molecular flexibility index (Phi) is 27.5. The molecule has 3 aliphatic heterocycles. The summed E-state index contributed by atoms with van der Waals surface area (Å²) in [7, 11) is 0. The van der Waals surface area contributed by atoms with E-state index in [0.717, 1.165) is 16.7 Å². The minimum atomic E-state index is -1.99. The predicted molar refractivity (Wildman–Crippen MR) is 358 cm³/mol. The molecule has 0 radical (unpaired) electrons. The van der Waals surface area contributed by atoms with Crippen LogP contribution in [-0.2, 0) is 83.5 Å². The first-order valence-corrected chi connectivity index (χ1v) is 34.3. The number of nitrogens with two attached hydrogens (primary N) is 2. The molecule has 0 saturated carbocycles. The third kappa shape index (κ3) is 22.5. The monoisotopic (exact) mass is 1370 g/mol. The van der Waals surface area contributed by atoms with Crippen molar-refractivity contribution in [1.82, 2.24) is 57.4 Å². The van der Waals surface area contributed by atoms with Gasteiger partial charge < -0.3 is 74.1 Å². The maximum atomic E-state index is 15.0. The molecule has 97 heavy (non-hydrogen) atoms. The fourth-order valence-corrected chi connectivity index (χ4v) is 13.3. The van der Waals surface area contributed by atoms with Crippen LogP contribution < -0.4 is 64.6 Å². The highest BCUT2D eigenvalue weighted by molar-refractivity contribution is 7.98. The van der Waals surface area contributed by atoms with Gasteiger partial charge in [0.25, 0.3) is 0 Å². The minimum absolute atomic E-state index is 0.0422. The zero-order chi connectivity index (χ0) is 69.4. The number of aromatic amines is 1. The molecule has 516 valence electrons. The molecular weight excluding hydrogens is 1290 g/mol. The lowest BCUT2D eigenvalue weighted by Gasteiger charge is -2.31. The average molecular weight is 1370 g/mol. The number of hydrogen-bond donors (Lipinski definition) is 13. The van der Waals surface area contributed by atoms with E-state index in [1.165, 1.54) is 83.4 Å². The van der Waals surface area contributed by atoms with Crippen LogP contribution in [0.15, 0.2) is 115 Å². The van der Waals surface area contributed by atoms with Crippen LogP contribution in [0.4, 0.5) is 4.39 Å². The van der Waals surface area contributed by atoms with Gasteiger partial charge in [0.1, 0.15) is 59.9 Å². The van der Waals surface area contributed by atoms with Crippen molar-refractivity contribution in [1.29, 1.82) is 0 Å². The summed E-state index contributed by atoms with van der Waals surface area (Å²) in [6.07, 6.45) is 2.51. The Hall–Kier alpha value is -9.68. The number of nitrogens with zero attached hydrogens (tertiary/aromatic N) is 3. The number of fused-ring (bicyclic) bond motifs is 4. The van der Waals surface area contributed by atoms with Crippen molar-refractivity contribution in [3.05, 3.63) is 154 Å². The largest absolute Gasteiger partial charge is 0.508 e. The number of carbonyl (C=O) groups is 11. The van der Waals surface area contributed by atoms with Gasteiger partial charge in [0.15, 0.2) is 0 Å². The van der Waals surface area contributed by atoms with E-state index in [1.54, 1.807) is 30.3 Å². The van der Waals surface area contributed by atoms with E-state index < -0.39 is 132 Å². The Bertz CT molecular complexity index is 3760. The summed E-state index contributed by atoms with van der Waals surface area (Å²) in [5.41, 5.74) is 15.3. The number of aromatic nitrogens is 2. The van der Waals surface area contributed by atoms with Crippen LogP contribution in [0, 0.1) is 5.82 Å². The van der Waals surface area contributed by atoms with Crippen molar-refractivity contribution in [2.75, 3.05) is 37.7 Å². The van der Waals surface area contributed by atoms with Crippen LogP contribution >= 0.6 is 23.5 Å². The molecule has 15 N–H and O–H groups in total. The van der Waals surface area contributed by atoms with E-state index in [9.17, 15) is 67.3 Å². The number of hydrogen-bond acceptors (Lipinski definition) is 17. The van der Waals surface area contributed by atoms with Crippen molar-refractivity contribution < 1.29 is 67.3 Å². The molecule has 4 aromatic carbocycles. The van der Waals surface area contributed by atoms with Gasteiger partial charge in [0.2, 0.25) is 59.1 Å². The number of thioether (sulfide) groups is 2. The molecule has 1 aromatic heterocycles. The Labute approximate surface area is 566 Å². The lowest BCUT2D eigenvalue weighted by molar-refractivity contribution is -0.143. The van der Waals surface area contributed by atoms with Gasteiger partial charge in [-0.25, -0.2) is 9.37 Å². The van der Waals surface area contributed by atoms with Gasteiger partial charge in [-0.3, -0.25) is 57.7 Å². The molecule has 3 aliphatic rings. The van der Waals surface area contributed by atoms with Crippen LogP contribution in [0.1, 0.15) is 85.7 Å². The second-order valence-corrected chi connectivity index (χ2v) is 26.0. The van der Waals surface area contributed by atoms with Gasteiger partial charge >= 0.3 is 5.97 Å². The number of rotatable bonds is 16. The number of carboxylic acid groups (broad SMARTS) is 1. The number of unbranched alkanes of at least 4 members (excludes halogenated alkanes) is 1. The highest BCUT2D eigenvalue weighted by atomic mass is 32.2. The number of aromatic hydroxyl groups is 1. The Morgan fingerprint density at radius 2 is 1.33 bits per heavy atom. The topological polar surface area (TPSA) is 421 Å². The smallest absolute Gasteiger partial charge is 0.305 e. The summed E-state index contributed by atoms with van der Waals surface area (Å²) in [4.78, 5) is 168. The van der Waals surface area contributed by atoms with Gasteiger partial charge in [0.05, 0.1) is 31.2 Å². The number of H-pyrrole nitrogens is 1. The number of primary amides is 1. The van der Waals surface area contributed by atoms with Crippen LogP contribution in [-0.4, -0.2) is 176 Å². The first-order valence-electron chi connectivity index (χ1n) is 31.9. The number of nitrogens with one attached hydrogen (secondary N) is 9. The van der Waals surface area contributed by atoms with Gasteiger partial charge in [-0.2, -0.15) is 23.5 Å². The molecule has 10 amide bonds. The molecule has 30 heteroatoms. The van der Waals surface area contributed by atoms with E-state index in [-0.39, 0.29) is 81.7 Å². The van der Waals surface area contributed by atoms with Gasteiger partial charge in [-0.1, -0.05) is 66.7 Å². The number of phenols is 1. The highest BCUT2D eigenvalue weighted by Gasteiger charge is 2.41. The van der Waals surface area contributed by atoms with Crippen LogP contribution in [0.5, 0.6) is 5.75 Å². The number of imidazole rings is 1. The number of phenolic OH excluding ortho intramolecular Hbond substituents is 1. The third-order valence-electron chi connectivity index (χ3n) is 16.5. The normalized spacial score (nSPS) is 22.7. The fraction of sp³-hybridized carbons (Fsp3) is 0.418. The number of aryl methyl sites for hydroxylation is 1. The van der Waals surface area contributed by atoms with Crippen LogP contribution in [0.2, 0.25) is 0 Å². The molecule has 8 rings (SSSR count). The fourth-order valence-electron chi connectivity index (χ4n) is 11.4. The summed E-state index contributed by atoms with van der Waals surface area (Å²) in [6.45, 7) is -0.339. The summed E-state index contributed by atoms with van der Waals surface area (Å²) in [5.74, 6) is -9.33. The van der Waals surface area contributed by atoms with Crippen molar-refractivity contribution >= 4 is 94.1 Å². The number of carboxylic acids is 1. The van der Waals surface area contributed by atoms with Gasteiger partial charge in [0, 0.05) is 72.3 Å². The van der Waals surface area contributed by atoms with Crippen LogP contribution in [0.3, 0.4) is 0 Å². The highest BCUT2D eigenvalue weighted by Crippen LogP contribution is 2.24. The Morgan fingerprint density at radius 3 is 2.03 bits per heavy atom. The van der Waals surface area contributed by atoms with E-state index in [4.69, 9.17) is 11.5 Å². The molecule has 4 heterocycles. The second-order valence-electron chi connectivity index (χ2n) is 23.8. The Balaban J connectivity index is 1.12. The average Bonchev–Trinajstić information content (AvgIpc) is 1.72. The quantitative estimate of drug-likeness (QED) is 0.0565. The first-order chi connectivity index (χ1) is 46.7. The first kappa shape index (κ1) is 73.1. The summed E-state index contributed by atoms with van der Waals surface area (Å²) in [5, 5.41) is 42.3. The third-order valence-corrected chi connectivity index (χ3v) is 18.6. The van der Waals surface area contributed by atoms with E-state index in [2.05, 4.69) is 57.5 Å². The van der Waals surface area contributed by atoms with Crippen molar-refractivity contribution in [2.45, 2.75) is 137 Å². The van der Waals surface area contributed by atoms with Gasteiger partial charge in [-0.15, -0.1) is 0 Å².